The zero-order valence-corrected chi connectivity index (χ0v) is 19.2. The van der Waals surface area contributed by atoms with Gasteiger partial charge in [0.15, 0.2) is 0 Å². The van der Waals surface area contributed by atoms with Crippen molar-refractivity contribution in [2.45, 2.75) is 39.7 Å². The van der Waals surface area contributed by atoms with Crippen LogP contribution >= 0.6 is 0 Å². The van der Waals surface area contributed by atoms with Gasteiger partial charge in [0.1, 0.15) is 11.4 Å². The average molecular weight is 442 g/mol. The molecule has 0 fully saturated rings. The van der Waals surface area contributed by atoms with Crippen LogP contribution < -0.4 is 10.9 Å². The van der Waals surface area contributed by atoms with Gasteiger partial charge in [-0.05, 0) is 19.1 Å². The van der Waals surface area contributed by atoms with Crippen molar-refractivity contribution in [2.75, 3.05) is 0 Å². The Morgan fingerprint density at radius 3 is 2.27 bits per heavy atom. The van der Waals surface area contributed by atoms with E-state index in [-0.39, 0.29) is 17.5 Å². The fourth-order valence-corrected chi connectivity index (χ4v) is 3.56. The lowest BCUT2D eigenvalue weighted by Crippen LogP contribution is -2.33. The highest BCUT2D eigenvalue weighted by atomic mass is 16.2. The third-order valence-electron chi connectivity index (χ3n) is 5.34. The van der Waals surface area contributed by atoms with Gasteiger partial charge < -0.3 is 10.3 Å². The summed E-state index contributed by atoms with van der Waals surface area (Å²) in [6.07, 6.45) is 1.90. The van der Waals surface area contributed by atoms with Crippen molar-refractivity contribution in [1.29, 1.82) is 0 Å². The van der Waals surface area contributed by atoms with E-state index in [2.05, 4.69) is 15.3 Å². The van der Waals surface area contributed by atoms with Gasteiger partial charge in [-0.15, -0.1) is 0 Å². The summed E-state index contributed by atoms with van der Waals surface area (Å²) < 4.78 is 1.79. The molecule has 0 atom stereocenters. The van der Waals surface area contributed by atoms with E-state index in [1.165, 1.54) is 0 Å². The number of hydrogen-bond acceptors (Lipinski definition) is 4. The van der Waals surface area contributed by atoms with E-state index in [9.17, 15) is 9.59 Å². The van der Waals surface area contributed by atoms with Crippen LogP contribution in [0.5, 0.6) is 0 Å². The maximum atomic E-state index is 12.9. The summed E-state index contributed by atoms with van der Waals surface area (Å²) in [6, 6.07) is 19.6. The SMILES string of the molecule is Cc1nc(C(C)(C)C)[nH]c(=O)c1C(=O)NCc1cn(-c2ccccc2)nc1-c1ccccc1. The Morgan fingerprint density at radius 2 is 1.67 bits per heavy atom. The van der Waals surface area contributed by atoms with Crippen molar-refractivity contribution in [3.63, 3.8) is 0 Å². The largest absolute Gasteiger partial charge is 0.348 e. The maximum absolute atomic E-state index is 12.9. The number of carbonyl (C=O) groups is 1. The monoisotopic (exact) mass is 441 g/mol. The normalized spacial score (nSPS) is 11.4. The first-order chi connectivity index (χ1) is 15.7. The van der Waals surface area contributed by atoms with E-state index >= 15 is 0 Å². The minimum atomic E-state index is -0.465. The molecule has 0 spiro atoms. The van der Waals surface area contributed by atoms with Crippen molar-refractivity contribution in [3.8, 4) is 16.9 Å². The van der Waals surface area contributed by atoms with E-state index < -0.39 is 11.5 Å². The molecular formula is C26H27N5O2. The van der Waals surface area contributed by atoms with Crippen molar-refractivity contribution in [2.24, 2.45) is 0 Å². The molecular weight excluding hydrogens is 414 g/mol. The smallest absolute Gasteiger partial charge is 0.264 e. The number of amides is 1. The van der Waals surface area contributed by atoms with Crippen LogP contribution in [0.15, 0.2) is 71.7 Å². The van der Waals surface area contributed by atoms with Crippen molar-refractivity contribution in [3.05, 3.63) is 99.9 Å². The summed E-state index contributed by atoms with van der Waals surface area (Å²) in [6.45, 7) is 7.78. The molecule has 4 rings (SSSR count). The molecule has 33 heavy (non-hydrogen) atoms. The Labute approximate surface area is 192 Å². The minimum absolute atomic E-state index is 0.0275. The van der Waals surface area contributed by atoms with Crippen molar-refractivity contribution >= 4 is 5.91 Å². The van der Waals surface area contributed by atoms with E-state index in [1.807, 2.05) is 87.6 Å². The standard InChI is InChI=1S/C26H27N5O2/c1-17-21(24(33)29-25(28-17)26(2,3)4)23(32)27-15-19-16-31(20-13-9-6-10-14-20)30-22(19)18-11-7-5-8-12-18/h5-14,16H,15H2,1-4H3,(H,27,32)(H,28,29,33). The molecule has 0 radical (unpaired) electrons. The average Bonchev–Trinajstić information content (AvgIpc) is 3.22. The molecule has 0 saturated carbocycles. The molecule has 0 aliphatic carbocycles. The second-order valence-electron chi connectivity index (χ2n) is 8.96. The lowest BCUT2D eigenvalue weighted by Gasteiger charge is -2.18. The molecule has 1 amide bonds. The van der Waals surface area contributed by atoms with Crippen molar-refractivity contribution in [1.82, 2.24) is 25.1 Å². The van der Waals surface area contributed by atoms with Gasteiger partial charge in [0.25, 0.3) is 11.5 Å². The fourth-order valence-electron chi connectivity index (χ4n) is 3.56. The van der Waals surface area contributed by atoms with Gasteiger partial charge in [-0.2, -0.15) is 5.10 Å². The second-order valence-corrected chi connectivity index (χ2v) is 8.96. The highest BCUT2D eigenvalue weighted by Gasteiger charge is 2.22. The number of nitrogens with zero attached hydrogens (tertiary/aromatic N) is 3. The molecule has 0 aliphatic rings. The van der Waals surface area contributed by atoms with E-state index in [4.69, 9.17) is 5.10 Å². The van der Waals surface area contributed by atoms with Gasteiger partial charge >= 0.3 is 0 Å². The number of H-pyrrole nitrogens is 1. The Balaban J connectivity index is 1.64. The van der Waals surface area contributed by atoms with Gasteiger partial charge in [0.2, 0.25) is 0 Å². The Morgan fingerprint density at radius 1 is 1.03 bits per heavy atom. The summed E-state index contributed by atoms with van der Waals surface area (Å²) in [5.74, 6) is 0.0882. The molecule has 2 heterocycles. The Hall–Kier alpha value is -4.00. The van der Waals surface area contributed by atoms with Crippen LogP contribution in [0, 0.1) is 6.92 Å². The van der Waals surface area contributed by atoms with Gasteiger partial charge in [-0.25, -0.2) is 9.67 Å². The number of hydrogen-bond donors (Lipinski definition) is 2. The first kappa shape index (κ1) is 22.2. The second kappa shape index (κ2) is 8.86. The van der Waals surface area contributed by atoms with Crippen LogP contribution in [-0.2, 0) is 12.0 Å². The first-order valence-corrected chi connectivity index (χ1v) is 10.8. The number of para-hydroxylation sites is 1. The highest BCUT2D eigenvalue weighted by molar-refractivity contribution is 5.94. The van der Waals surface area contributed by atoms with Gasteiger partial charge in [-0.3, -0.25) is 9.59 Å². The van der Waals surface area contributed by atoms with Gasteiger partial charge in [0.05, 0.1) is 17.1 Å². The molecule has 4 aromatic rings. The molecule has 168 valence electrons. The molecule has 0 aliphatic heterocycles. The van der Waals surface area contributed by atoms with Crippen LogP contribution in [-0.4, -0.2) is 25.7 Å². The number of aromatic nitrogens is 4. The number of aryl methyl sites for hydroxylation is 1. The van der Waals surface area contributed by atoms with E-state index in [1.54, 1.807) is 11.6 Å². The number of aromatic amines is 1. The predicted molar refractivity (Wildman–Crippen MR) is 128 cm³/mol. The van der Waals surface area contributed by atoms with Crippen molar-refractivity contribution < 1.29 is 4.79 Å². The van der Waals surface area contributed by atoms with Crippen LogP contribution in [0.4, 0.5) is 0 Å². The van der Waals surface area contributed by atoms with Gasteiger partial charge in [0, 0.05) is 29.3 Å². The zero-order valence-electron chi connectivity index (χ0n) is 19.2. The summed E-state index contributed by atoms with van der Waals surface area (Å²) in [5, 5.41) is 7.64. The Bertz CT molecular complexity index is 1330. The number of nitrogens with one attached hydrogen (secondary N) is 2. The quantitative estimate of drug-likeness (QED) is 0.486. The van der Waals surface area contributed by atoms with Crippen LogP contribution in [0.3, 0.4) is 0 Å². The lowest BCUT2D eigenvalue weighted by molar-refractivity contribution is 0.0948. The molecule has 0 unspecified atom stereocenters. The molecule has 0 bridgehead atoms. The van der Waals surface area contributed by atoms with Gasteiger partial charge in [-0.1, -0.05) is 69.3 Å². The minimum Gasteiger partial charge on any atom is -0.348 e. The number of rotatable bonds is 5. The highest BCUT2D eigenvalue weighted by Crippen LogP contribution is 2.24. The molecule has 2 N–H and O–H groups in total. The summed E-state index contributed by atoms with van der Waals surface area (Å²) >= 11 is 0. The van der Waals surface area contributed by atoms with Crippen LogP contribution in [0.2, 0.25) is 0 Å². The first-order valence-electron chi connectivity index (χ1n) is 10.8. The summed E-state index contributed by atoms with van der Waals surface area (Å²) in [4.78, 5) is 32.8. The maximum Gasteiger partial charge on any atom is 0.264 e. The van der Waals surface area contributed by atoms with Crippen LogP contribution in [0.1, 0.15) is 48.2 Å². The number of benzene rings is 2. The van der Waals surface area contributed by atoms with E-state index in [0.29, 0.717) is 11.5 Å². The molecule has 0 saturated heterocycles. The zero-order chi connectivity index (χ0) is 23.6. The lowest BCUT2D eigenvalue weighted by atomic mass is 9.95. The van der Waals surface area contributed by atoms with E-state index in [0.717, 1.165) is 22.5 Å². The topological polar surface area (TPSA) is 92.7 Å². The molecule has 7 nitrogen and oxygen atoms in total. The predicted octanol–water partition coefficient (Wildman–Crippen LogP) is 4.16. The summed E-state index contributed by atoms with van der Waals surface area (Å²) in [7, 11) is 0. The molecule has 2 aromatic carbocycles. The third kappa shape index (κ3) is 4.77. The third-order valence-corrected chi connectivity index (χ3v) is 5.34. The molecule has 2 aromatic heterocycles. The molecule has 7 heteroatoms. The van der Waals surface area contributed by atoms with Crippen LogP contribution in [0.25, 0.3) is 16.9 Å². The summed E-state index contributed by atoms with van der Waals surface area (Å²) in [5.41, 5.74) is 3.15. The fraction of sp³-hybridized carbons (Fsp3) is 0.231. The Kier molecular flexibility index (Phi) is 5.96. The number of carbonyl (C=O) groups excluding carboxylic acids is 1.